The van der Waals surface area contributed by atoms with Gasteiger partial charge in [0.1, 0.15) is 5.75 Å². The number of aliphatic hydroxyl groups excluding tert-OH is 2. The lowest BCUT2D eigenvalue weighted by atomic mass is 10.0. The monoisotopic (exact) mass is 286 g/mol. The lowest BCUT2D eigenvalue weighted by molar-refractivity contribution is 0.0264. The normalized spacial score (nSPS) is 14.2. The highest BCUT2D eigenvalue weighted by Crippen LogP contribution is 2.28. The molecule has 0 aliphatic heterocycles. The molecule has 3 nitrogen and oxygen atoms in total. The van der Waals surface area contributed by atoms with Gasteiger partial charge in [-0.25, -0.2) is 0 Å². The molecule has 0 aliphatic carbocycles. The van der Waals surface area contributed by atoms with Crippen molar-refractivity contribution in [1.82, 2.24) is 0 Å². The number of hydrogen-bond acceptors (Lipinski definition) is 3. The van der Waals surface area contributed by atoms with Crippen LogP contribution in [0, 0.1) is 6.92 Å². The fraction of sp³-hybridized carbons (Fsp3) is 0.600. The van der Waals surface area contributed by atoms with Crippen LogP contribution >= 0.6 is 11.6 Å². The van der Waals surface area contributed by atoms with Gasteiger partial charge < -0.3 is 14.9 Å². The van der Waals surface area contributed by atoms with Crippen LogP contribution < -0.4 is 4.74 Å². The van der Waals surface area contributed by atoms with Crippen LogP contribution in [0.4, 0.5) is 0 Å². The Kier molecular flexibility index (Phi) is 6.63. The van der Waals surface area contributed by atoms with E-state index in [4.69, 9.17) is 16.3 Å². The van der Waals surface area contributed by atoms with E-state index in [1.807, 2.05) is 19.1 Å². The summed E-state index contributed by atoms with van der Waals surface area (Å²) in [6, 6.07) is 3.82. The molecule has 2 N–H and O–H groups in total. The van der Waals surface area contributed by atoms with Gasteiger partial charge in [-0.1, -0.05) is 18.5 Å². The van der Waals surface area contributed by atoms with E-state index in [1.54, 1.807) is 6.92 Å². The SMILES string of the molecule is CCCOc1cc(C)c(Cl)cc1CCC(O)C(C)O. The lowest BCUT2D eigenvalue weighted by Crippen LogP contribution is -2.23. The second kappa shape index (κ2) is 7.73. The zero-order valence-electron chi connectivity index (χ0n) is 11.8. The predicted molar refractivity (Wildman–Crippen MR) is 78.0 cm³/mol. The Hall–Kier alpha value is -0.770. The largest absolute Gasteiger partial charge is 0.493 e. The van der Waals surface area contributed by atoms with Gasteiger partial charge in [0, 0.05) is 5.02 Å². The summed E-state index contributed by atoms with van der Waals surface area (Å²) in [5.41, 5.74) is 1.95. The number of hydrogen-bond donors (Lipinski definition) is 2. The number of rotatable bonds is 7. The highest BCUT2D eigenvalue weighted by Gasteiger charge is 2.14. The molecule has 0 aromatic heterocycles. The molecule has 108 valence electrons. The minimum atomic E-state index is -0.723. The Morgan fingerprint density at radius 2 is 2.00 bits per heavy atom. The summed E-state index contributed by atoms with van der Waals surface area (Å²) < 4.78 is 5.71. The molecule has 0 saturated heterocycles. The van der Waals surface area contributed by atoms with E-state index in [-0.39, 0.29) is 0 Å². The average molecular weight is 287 g/mol. The molecule has 1 aromatic carbocycles. The number of aryl methyl sites for hydroxylation is 2. The van der Waals surface area contributed by atoms with Gasteiger partial charge in [-0.3, -0.25) is 0 Å². The van der Waals surface area contributed by atoms with Crippen molar-refractivity contribution in [3.05, 3.63) is 28.3 Å². The van der Waals surface area contributed by atoms with E-state index >= 15 is 0 Å². The van der Waals surface area contributed by atoms with Crippen LogP contribution in [0.25, 0.3) is 0 Å². The van der Waals surface area contributed by atoms with Gasteiger partial charge in [0.05, 0.1) is 18.8 Å². The van der Waals surface area contributed by atoms with Crippen molar-refractivity contribution in [2.75, 3.05) is 6.61 Å². The van der Waals surface area contributed by atoms with Crippen molar-refractivity contribution in [3.8, 4) is 5.75 Å². The zero-order valence-corrected chi connectivity index (χ0v) is 12.6. The van der Waals surface area contributed by atoms with Crippen LogP contribution in [-0.2, 0) is 6.42 Å². The van der Waals surface area contributed by atoms with Crippen LogP contribution in [0.15, 0.2) is 12.1 Å². The second-order valence-electron chi connectivity index (χ2n) is 4.90. The average Bonchev–Trinajstić information content (AvgIpc) is 2.37. The van der Waals surface area contributed by atoms with Crippen LogP contribution in [0.3, 0.4) is 0 Å². The molecule has 0 spiro atoms. The van der Waals surface area contributed by atoms with Gasteiger partial charge >= 0.3 is 0 Å². The Bertz CT molecular complexity index is 405. The molecule has 0 heterocycles. The summed E-state index contributed by atoms with van der Waals surface area (Å²) in [5.74, 6) is 0.821. The first-order valence-electron chi connectivity index (χ1n) is 6.73. The summed E-state index contributed by atoms with van der Waals surface area (Å²) in [4.78, 5) is 0. The van der Waals surface area contributed by atoms with Gasteiger partial charge in [-0.05, 0) is 56.4 Å². The van der Waals surface area contributed by atoms with Gasteiger partial charge in [-0.15, -0.1) is 0 Å². The van der Waals surface area contributed by atoms with Crippen molar-refractivity contribution in [1.29, 1.82) is 0 Å². The van der Waals surface area contributed by atoms with Crippen LogP contribution in [0.2, 0.25) is 5.02 Å². The molecule has 2 atom stereocenters. The maximum atomic E-state index is 9.65. The third-order valence-corrected chi connectivity index (χ3v) is 3.48. The molecule has 2 unspecified atom stereocenters. The summed E-state index contributed by atoms with van der Waals surface area (Å²) in [6.45, 7) is 6.24. The van der Waals surface area contributed by atoms with Crippen LogP contribution in [-0.4, -0.2) is 29.0 Å². The lowest BCUT2D eigenvalue weighted by Gasteiger charge is -2.16. The minimum absolute atomic E-state index is 0.486. The Morgan fingerprint density at radius 3 is 2.58 bits per heavy atom. The maximum absolute atomic E-state index is 9.65. The van der Waals surface area contributed by atoms with Crippen molar-refractivity contribution in [3.63, 3.8) is 0 Å². The number of halogens is 1. The number of aliphatic hydroxyl groups is 2. The molecule has 0 aliphatic rings. The molecule has 0 amide bonds. The molecule has 4 heteroatoms. The fourth-order valence-electron chi connectivity index (χ4n) is 1.78. The second-order valence-corrected chi connectivity index (χ2v) is 5.31. The molecular formula is C15H23ClO3. The molecule has 1 rings (SSSR count). The quantitative estimate of drug-likeness (QED) is 0.810. The maximum Gasteiger partial charge on any atom is 0.122 e. The first-order valence-corrected chi connectivity index (χ1v) is 7.11. The number of benzene rings is 1. The van der Waals surface area contributed by atoms with E-state index in [0.717, 1.165) is 23.3 Å². The third kappa shape index (κ3) is 5.01. The molecule has 0 radical (unpaired) electrons. The van der Waals surface area contributed by atoms with E-state index in [2.05, 4.69) is 6.92 Å². The van der Waals surface area contributed by atoms with Gasteiger partial charge in [0.15, 0.2) is 0 Å². The summed E-state index contributed by atoms with van der Waals surface area (Å²) in [6.07, 6.45) is 0.613. The molecular weight excluding hydrogens is 264 g/mol. The highest BCUT2D eigenvalue weighted by atomic mass is 35.5. The van der Waals surface area contributed by atoms with E-state index in [9.17, 15) is 10.2 Å². The van der Waals surface area contributed by atoms with E-state index < -0.39 is 12.2 Å². The summed E-state index contributed by atoms with van der Waals surface area (Å²) >= 11 is 6.13. The van der Waals surface area contributed by atoms with Crippen molar-refractivity contribution < 1.29 is 14.9 Å². The van der Waals surface area contributed by atoms with Gasteiger partial charge in [-0.2, -0.15) is 0 Å². The molecule has 0 saturated carbocycles. The number of ether oxygens (including phenoxy) is 1. The Balaban J connectivity index is 2.81. The van der Waals surface area contributed by atoms with Crippen molar-refractivity contribution in [2.24, 2.45) is 0 Å². The first kappa shape index (κ1) is 16.3. The first-order chi connectivity index (χ1) is 8.95. The van der Waals surface area contributed by atoms with Crippen molar-refractivity contribution in [2.45, 2.75) is 52.2 Å². The Morgan fingerprint density at radius 1 is 1.32 bits per heavy atom. The molecule has 1 aromatic rings. The third-order valence-electron chi connectivity index (χ3n) is 3.07. The highest BCUT2D eigenvalue weighted by molar-refractivity contribution is 6.31. The smallest absolute Gasteiger partial charge is 0.122 e. The standard InChI is InChI=1S/C15H23ClO3/c1-4-7-19-15-8-10(2)13(16)9-12(15)5-6-14(18)11(3)17/h8-9,11,14,17-18H,4-7H2,1-3H3. The van der Waals surface area contributed by atoms with Crippen molar-refractivity contribution >= 4 is 11.6 Å². The van der Waals surface area contributed by atoms with Crippen LogP contribution in [0.5, 0.6) is 5.75 Å². The minimum Gasteiger partial charge on any atom is -0.493 e. The molecule has 0 fully saturated rings. The predicted octanol–water partition coefficient (Wildman–Crippen LogP) is 3.11. The van der Waals surface area contributed by atoms with Gasteiger partial charge in [0.25, 0.3) is 0 Å². The molecule has 0 bridgehead atoms. The Labute approximate surface area is 120 Å². The van der Waals surface area contributed by atoms with E-state index in [1.165, 1.54) is 0 Å². The summed E-state index contributed by atoms with van der Waals surface area (Å²) in [5, 5.41) is 19.7. The van der Waals surface area contributed by atoms with Crippen LogP contribution in [0.1, 0.15) is 37.8 Å². The van der Waals surface area contributed by atoms with Gasteiger partial charge in [0.2, 0.25) is 0 Å². The molecule has 19 heavy (non-hydrogen) atoms. The fourth-order valence-corrected chi connectivity index (χ4v) is 1.97. The summed E-state index contributed by atoms with van der Waals surface area (Å²) in [7, 11) is 0. The topological polar surface area (TPSA) is 49.7 Å². The zero-order chi connectivity index (χ0) is 14.4. The van der Waals surface area contributed by atoms with E-state index in [0.29, 0.717) is 24.5 Å².